The third-order valence-corrected chi connectivity index (χ3v) is 0.793. The van der Waals surface area contributed by atoms with Crippen LogP contribution in [0.5, 0.6) is 0 Å². The lowest BCUT2D eigenvalue weighted by molar-refractivity contribution is -0.192. The second-order valence-corrected chi connectivity index (χ2v) is 1.70. The molecule has 4 heteroatoms. The number of carbonyl (C=O) groups is 2. The lowest BCUT2D eigenvalue weighted by atomic mass is 10.6. The van der Waals surface area contributed by atoms with Crippen LogP contribution in [0.3, 0.4) is 0 Å². The van der Waals surface area contributed by atoms with Crippen LogP contribution in [-0.4, -0.2) is 23.5 Å². The maximum atomic E-state index is 10.5. The average molecular weight is 144 g/mol. The van der Waals surface area contributed by atoms with Gasteiger partial charge >= 0.3 is 5.97 Å². The summed E-state index contributed by atoms with van der Waals surface area (Å²) in [6.45, 7) is 6.05. The Labute approximate surface area is 59.7 Å². The number of carbonyl (C=O) groups excluding carboxylic acids is 2. The summed E-state index contributed by atoms with van der Waals surface area (Å²) in [4.78, 5) is 25.2. The Bertz CT molecular complexity index is 144. The van der Waals surface area contributed by atoms with Crippen molar-refractivity contribution in [3.05, 3.63) is 6.92 Å². The predicted octanol–water partition coefficient (Wildman–Crippen LogP) is 0.147. The van der Waals surface area contributed by atoms with E-state index in [1.807, 2.05) is 0 Å². The van der Waals surface area contributed by atoms with Crippen LogP contribution in [0.25, 0.3) is 0 Å². The van der Waals surface area contributed by atoms with E-state index in [0.29, 0.717) is 0 Å². The van der Waals surface area contributed by atoms with Gasteiger partial charge in [-0.15, -0.1) is 0 Å². The quantitative estimate of drug-likeness (QED) is 0.492. The smallest absolute Gasteiger partial charge is 0.329 e. The molecule has 0 rings (SSSR count). The van der Waals surface area contributed by atoms with Gasteiger partial charge in [0.25, 0.3) is 5.91 Å². The van der Waals surface area contributed by atoms with Crippen molar-refractivity contribution in [2.45, 2.75) is 13.8 Å². The molecule has 0 aliphatic heterocycles. The fourth-order valence-corrected chi connectivity index (χ4v) is 0.423. The molecule has 4 nitrogen and oxygen atoms in total. The monoisotopic (exact) mass is 144 g/mol. The van der Waals surface area contributed by atoms with E-state index < -0.39 is 5.97 Å². The topological polar surface area (TPSA) is 46.6 Å². The lowest BCUT2D eigenvalue weighted by Crippen LogP contribution is -2.30. The van der Waals surface area contributed by atoms with E-state index in [1.165, 1.54) is 13.8 Å². The van der Waals surface area contributed by atoms with Crippen molar-refractivity contribution in [2.75, 3.05) is 6.54 Å². The van der Waals surface area contributed by atoms with Gasteiger partial charge in [0.05, 0.1) is 6.54 Å². The van der Waals surface area contributed by atoms with Gasteiger partial charge < -0.3 is 4.84 Å². The van der Waals surface area contributed by atoms with Gasteiger partial charge in [0.15, 0.2) is 0 Å². The molecule has 0 saturated carbocycles. The number of hydroxylamine groups is 2. The zero-order chi connectivity index (χ0) is 8.15. The highest BCUT2D eigenvalue weighted by atomic mass is 16.7. The summed E-state index contributed by atoms with van der Waals surface area (Å²) in [5.41, 5.74) is 0. The van der Waals surface area contributed by atoms with Gasteiger partial charge in [-0.25, -0.2) is 0 Å². The minimum absolute atomic E-state index is 0.134. The van der Waals surface area contributed by atoms with Crippen LogP contribution in [0.2, 0.25) is 0 Å². The largest absolute Gasteiger partial charge is 0.338 e. The first-order valence-electron chi connectivity index (χ1n) is 2.83. The normalized spacial score (nSPS) is 8.70. The van der Waals surface area contributed by atoms with Crippen molar-refractivity contribution in [3.8, 4) is 0 Å². The van der Waals surface area contributed by atoms with E-state index in [-0.39, 0.29) is 12.5 Å². The summed E-state index contributed by atoms with van der Waals surface area (Å²) in [7, 11) is 0. The van der Waals surface area contributed by atoms with Crippen LogP contribution in [0, 0.1) is 6.92 Å². The third kappa shape index (κ3) is 3.06. The standard InChI is InChI=1S/C6H10NO3/c1-4-7(5(2)8)10-6(3)9/h1,4H2,2-3H3. The number of nitrogens with zero attached hydrogens (tertiary/aromatic N) is 1. The molecule has 0 saturated heterocycles. The molecule has 0 aromatic heterocycles. The summed E-state index contributed by atoms with van der Waals surface area (Å²) < 4.78 is 0. The molecule has 0 spiro atoms. The van der Waals surface area contributed by atoms with Crippen molar-refractivity contribution in [3.63, 3.8) is 0 Å². The minimum Gasteiger partial charge on any atom is -0.338 e. The van der Waals surface area contributed by atoms with Crippen LogP contribution in [0.15, 0.2) is 0 Å². The fourth-order valence-electron chi connectivity index (χ4n) is 0.423. The molecule has 57 valence electrons. The second-order valence-electron chi connectivity index (χ2n) is 1.70. The van der Waals surface area contributed by atoms with E-state index >= 15 is 0 Å². The summed E-state index contributed by atoms with van der Waals surface area (Å²) in [5.74, 6) is -0.843. The van der Waals surface area contributed by atoms with Crippen LogP contribution in [-0.2, 0) is 14.4 Å². The Balaban J connectivity index is 3.83. The number of hydrogen-bond acceptors (Lipinski definition) is 3. The molecule has 0 unspecified atom stereocenters. The van der Waals surface area contributed by atoms with E-state index in [0.717, 1.165) is 5.06 Å². The van der Waals surface area contributed by atoms with Gasteiger partial charge in [-0.3, -0.25) is 9.59 Å². The molecule has 1 radical (unpaired) electrons. The summed E-state index contributed by atoms with van der Waals surface area (Å²) in [6, 6.07) is 0. The number of hydrogen-bond donors (Lipinski definition) is 0. The Hall–Kier alpha value is -1.06. The van der Waals surface area contributed by atoms with Crippen molar-refractivity contribution < 1.29 is 14.4 Å². The van der Waals surface area contributed by atoms with Gasteiger partial charge in [-0.05, 0) is 6.92 Å². The van der Waals surface area contributed by atoms with Crippen LogP contribution in [0.1, 0.15) is 13.8 Å². The zero-order valence-corrected chi connectivity index (χ0v) is 6.09. The average Bonchev–Trinajstić information content (AvgIpc) is 1.81. The molecule has 0 aromatic rings. The van der Waals surface area contributed by atoms with Crippen molar-refractivity contribution in [2.24, 2.45) is 0 Å². The van der Waals surface area contributed by atoms with Crippen molar-refractivity contribution in [1.82, 2.24) is 5.06 Å². The zero-order valence-electron chi connectivity index (χ0n) is 6.09. The van der Waals surface area contributed by atoms with E-state index in [1.54, 1.807) is 0 Å². The fraction of sp³-hybridized carbons (Fsp3) is 0.500. The van der Waals surface area contributed by atoms with E-state index in [2.05, 4.69) is 11.8 Å². The number of amides is 1. The minimum atomic E-state index is -0.515. The molecule has 0 N–H and O–H groups in total. The maximum Gasteiger partial charge on any atom is 0.329 e. The SMILES string of the molecule is [CH2]CN(OC(C)=O)C(C)=O. The molecule has 10 heavy (non-hydrogen) atoms. The van der Waals surface area contributed by atoms with Gasteiger partial charge in [0.1, 0.15) is 0 Å². The summed E-state index contributed by atoms with van der Waals surface area (Å²) in [5, 5.41) is 0.891. The summed E-state index contributed by atoms with van der Waals surface area (Å²) >= 11 is 0. The van der Waals surface area contributed by atoms with Gasteiger partial charge in [0.2, 0.25) is 0 Å². The first-order valence-corrected chi connectivity index (χ1v) is 2.83. The predicted molar refractivity (Wildman–Crippen MR) is 34.5 cm³/mol. The van der Waals surface area contributed by atoms with Crippen molar-refractivity contribution >= 4 is 11.9 Å². The Morgan fingerprint density at radius 1 is 1.50 bits per heavy atom. The van der Waals surface area contributed by atoms with Crippen LogP contribution in [0.4, 0.5) is 0 Å². The Morgan fingerprint density at radius 2 is 2.00 bits per heavy atom. The van der Waals surface area contributed by atoms with Crippen molar-refractivity contribution in [1.29, 1.82) is 0 Å². The molecule has 0 atom stereocenters. The highest BCUT2D eigenvalue weighted by Gasteiger charge is 2.07. The Morgan fingerprint density at radius 3 is 2.10 bits per heavy atom. The number of rotatable bonds is 1. The first-order chi connectivity index (χ1) is 4.57. The molecule has 0 aromatic carbocycles. The highest BCUT2D eigenvalue weighted by Crippen LogP contribution is 1.90. The molecule has 0 bridgehead atoms. The molecule has 0 fully saturated rings. The second kappa shape index (κ2) is 3.87. The van der Waals surface area contributed by atoms with E-state index in [9.17, 15) is 9.59 Å². The summed E-state index contributed by atoms with van der Waals surface area (Å²) in [6.07, 6.45) is 0. The van der Waals surface area contributed by atoms with Gasteiger partial charge in [0, 0.05) is 13.8 Å². The third-order valence-electron chi connectivity index (χ3n) is 0.793. The highest BCUT2D eigenvalue weighted by molar-refractivity contribution is 5.75. The van der Waals surface area contributed by atoms with Crippen LogP contribution < -0.4 is 0 Å². The lowest BCUT2D eigenvalue weighted by Gasteiger charge is -2.15. The molecular formula is C6H10NO3. The van der Waals surface area contributed by atoms with Gasteiger partial charge in [-0.1, -0.05) is 0 Å². The molecular weight excluding hydrogens is 134 g/mol. The molecule has 0 aliphatic carbocycles. The molecule has 0 heterocycles. The van der Waals surface area contributed by atoms with E-state index in [4.69, 9.17) is 0 Å². The maximum absolute atomic E-state index is 10.5. The van der Waals surface area contributed by atoms with Gasteiger partial charge in [-0.2, -0.15) is 5.06 Å². The molecule has 1 amide bonds. The molecule has 0 aliphatic rings. The van der Waals surface area contributed by atoms with Crippen LogP contribution >= 0.6 is 0 Å². The Kier molecular flexibility index (Phi) is 3.46. The first kappa shape index (κ1) is 8.94.